The fraction of sp³-hybridized carbons (Fsp3) is 0.600. The molecular weight excluding hydrogens is 107 g/mol. The minimum absolute atomic E-state index is 0.660. The van der Waals surface area contributed by atoms with Gasteiger partial charge >= 0.3 is 0 Å². The van der Waals surface area contributed by atoms with E-state index in [1.165, 1.54) is 0 Å². The van der Waals surface area contributed by atoms with Gasteiger partial charge in [0.25, 0.3) is 0 Å². The summed E-state index contributed by atoms with van der Waals surface area (Å²) in [7, 11) is -1.78. The van der Waals surface area contributed by atoms with E-state index in [9.17, 15) is 4.57 Å². The standard InChI is InChI=1S/C5H11OP/c1-4-5-7(2,3)6/h4H,1,5H2,2-3H3. The Balaban J connectivity index is 3.57. The number of hydrogen-bond acceptors (Lipinski definition) is 1. The van der Waals surface area contributed by atoms with Gasteiger partial charge in [0, 0.05) is 6.16 Å². The highest BCUT2D eigenvalue weighted by Gasteiger charge is 2.00. The zero-order chi connectivity index (χ0) is 5.91. The quantitative estimate of drug-likeness (QED) is 0.399. The lowest BCUT2D eigenvalue weighted by atomic mass is 10.8. The minimum atomic E-state index is -1.78. The van der Waals surface area contributed by atoms with Crippen LogP contribution < -0.4 is 0 Å². The molecule has 0 saturated heterocycles. The lowest BCUT2D eigenvalue weighted by molar-refractivity contribution is 0.584. The van der Waals surface area contributed by atoms with Crippen LogP contribution in [0.25, 0.3) is 0 Å². The van der Waals surface area contributed by atoms with Crippen molar-refractivity contribution < 1.29 is 4.57 Å². The molecule has 42 valence electrons. The van der Waals surface area contributed by atoms with Crippen LogP contribution in [-0.4, -0.2) is 19.5 Å². The van der Waals surface area contributed by atoms with Gasteiger partial charge in [0.05, 0.1) is 7.14 Å². The molecule has 0 aliphatic rings. The molecule has 0 fully saturated rings. The summed E-state index contributed by atoms with van der Waals surface area (Å²) in [5.41, 5.74) is 0. The van der Waals surface area contributed by atoms with Crippen molar-refractivity contribution >= 4 is 7.14 Å². The normalized spacial score (nSPS) is 11.1. The molecule has 0 aromatic heterocycles. The van der Waals surface area contributed by atoms with Gasteiger partial charge in [0.2, 0.25) is 0 Å². The van der Waals surface area contributed by atoms with Crippen molar-refractivity contribution in [2.75, 3.05) is 19.5 Å². The van der Waals surface area contributed by atoms with Gasteiger partial charge < -0.3 is 4.57 Å². The van der Waals surface area contributed by atoms with E-state index in [0.717, 1.165) is 0 Å². The molecule has 0 aromatic carbocycles. The predicted octanol–water partition coefficient (Wildman–Crippen LogP) is 1.80. The molecule has 0 amide bonds. The molecule has 0 aliphatic heterocycles. The van der Waals surface area contributed by atoms with Gasteiger partial charge in [-0.2, -0.15) is 0 Å². The predicted molar refractivity (Wildman–Crippen MR) is 34.5 cm³/mol. The van der Waals surface area contributed by atoms with Crippen LogP contribution in [0.3, 0.4) is 0 Å². The molecule has 1 nitrogen and oxygen atoms in total. The van der Waals surface area contributed by atoms with E-state index in [4.69, 9.17) is 0 Å². The van der Waals surface area contributed by atoms with Gasteiger partial charge in [-0.1, -0.05) is 6.08 Å². The van der Waals surface area contributed by atoms with E-state index in [-0.39, 0.29) is 0 Å². The van der Waals surface area contributed by atoms with Crippen LogP contribution in [0.4, 0.5) is 0 Å². The van der Waals surface area contributed by atoms with Crippen molar-refractivity contribution in [1.82, 2.24) is 0 Å². The van der Waals surface area contributed by atoms with Crippen molar-refractivity contribution in [3.05, 3.63) is 12.7 Å². The fourth-order valence-electron chi connectivity index (χ4n) is 0.311. The molecule has 0 atom stereocenters. The molecule has 0 spiro atoms. The second-order valence-corrected chi connectivity index (χ2v) is 5.56. The van der Waals surface area contributed by atoms with E-state index < -0.39 is 7.14 Å². The molecule has 0 rings (SSSR count). The van der Waals surface area contributed by atoms with Crippen LogP contribution in [0.5, 0.6) is 0 Å². The maximum Gasteiger partial charge on any atom is 0.0854 e. The average Bonchev–Trinajstić information content (AvgIpc) is 1.30. The molecule has 0 radical (unpaired) electrons. The highest BCUT2D eigenvalue weighted by atomic mass is 31.2. The van der Waals surface area contributed by atoms with E-state index in [1.807, 2.05) is 0 Å². The van der Waals surface area contributed by atoms with Crippen LogP contribution in [0.15, 0.2) is 12.7 Å². The van der Waals surface area contributed by atoms with Gasteiger partial charge in [-0.05, 0) is 13.3 Å². The van der Waals surface area contributed by atoms with Gasteiger partial charge in [0.15, 0.2) is 0 Å². The Hall–Kier alpha value is -0.0300. The number of rotatable bonds is 2. The Kier molecular flexibility index (Phi) is 2.31. The molecule has 0 aliphatic carbocycles. The summed E-state index contributed by atoms with van der Waals surface area (Å²) in [6, 6.07) is 0. The largest absolute Gasteiger partial charge is 0.324 e. The number of allylic oxidation sites excluding steroid dienone is 1. The zero-order valence-corrected chi connectivity index (χ0v) is 5.74. The minimum Gasteiger partial charge on any atom is -0.324 e. The summed E-state index contributed by atoms with van der Waals surface area (Å²) in [4.78, 5) is 0. The van der Waals surface area contributed by atoms with Crippen LogP contribution in [0.1, 0.15) is 0 Å². The van der Waals surface area contributed by atoms with Gasteiger partial charge in [-0.15, -0.1) is 6.58 Å². The third-order valence-corrected chi connectivity index (χ3v) is 1.71. The van der Waals surface area contributed by atoms with Gasteiger partial charge in [0.1, 0.15) is 0 Å². The van der Waals surface area contributed by atoms with E-state index in [1.54, 1.807) is 19.4 Å². The summed E-state index contributed by atoms with van der Waals surface area (Å²) >= 11 is 0. The monoisotopic (exact) mass is 118 g/mol. The first kappa shape index (κ1) is 6.97. The first-order chi connectivity index (χ1) is 3.06. The summed E-state index contributed by atoms with van der Waals surface area (Å²) < 4.78 is 10.7. The van der Waals surface area contributed by atoms with E-state index in [2.05, 4.69) is 6.58 Å². The Labute approximate surface area is 44.8 Å². The third kappa shape index (κ3) is 5.97. The molecule has 0 heterocycles. The van der Waals surface area contributed by atoms with Crippen molar-refractivity contribution in [3.63, 3.8) is 0 Å². The summed E-state index contributed by atoms with van der Waals surface area (Å²) in [5, 5.41) is 0. The second-order valence-electron chi connectivity index (χ2n) is 2.05. The average molecular weight is 118 g/mol. The van der Waals surface area contributed by atoms with E-state index in [0.29, 0.717) is 6.16 Å². The van der Waals surface area contributed by atoms with Crippen LogP contribution >= 0.6 is 7.14 Å². The summed E-state index contributed by atoms with van der Waals surface area (Å²) in [6.07, 6.45) is 2.35. The first-order valence-electron chi connectivity index (χ1n) is 2.21. The van der Waals surface area contributed by atoms with Crippen molar-refractivity contribution in [2.45, 2.75) is 0 Å². The maximum absolute atomic E-state index is 10.7. The topological polar surface area (TPSA) is 17.1 Å². The van der Waals surface area contributed by atoms with Gasteiger partial charge in [-0.3, -0.25) is 0 Å². The molecular formula is C5H11OP. The van der Waals surface area contributed by atoms with Crippen molar-refractivity contribution in [2.24, 2.45) is 0 Å². The molecule has 0 bridgehead atoms. The highest BCUT2D eigenvalue weighted by Crippen LogP contribution is 2.34. The van der Waals surface area contributed by atoms with Crippen molar-refractivity contribution in [3.8, 4) is 0 Å². The molecule has 2 heteroatoms. The number of hydrogen-bond donors (Lipinski definition) is 0. The van der Waals surface area contributed by atoms with Crippen LogP contribution in [0, 0.1) is 0 Å². The smallest absolute Gasteiger partial charge is 0.0854 e. The Morgan fingerprint density at radius 3 is 2.14 bits per heavy atom. The van der Waals surface area contributed by atoms with E-state index >= 15 is 0 Å². The summed E-state index contributed by atoms with van der Waals surface area (Å²) in [5.74, 6) is 0. The van der Waals surface area contributed by atoms with Crippen LogP contribution in [-0.2, 0) is 4.57 Å². The molecule has 7 heavy (non-hydrogen) atoms. The lowest BCUT2D eigenvalue weighted by Gasteiger charge is -1.97. The SMILES string of the molecule is C=CCP(C)(C)=O. The molecule has 0 saturated carbocycles. The molecule has 0 N–H and O–H groups in total. The zero-order valence-electron chi connectivity index (χ0n) is 4.85. The Morgan fingerprint density at radius 2 is 2.14 bits per heavy atom. The van der Waals surface area contributed by atoms with Crippen LogP contribution in [0.2, 0.25) is 0 Å². The highest BCUT2D eigenvalue weighted by molar-refractivity contribution is 7.62. The third-order valence-electron chi connectivity index (χ3n) is 0.569. The fourth-order valence-corrected chi connectivity index (χ4v) is 0.933. The second kappa shape index (κ2) is 2.32. The van der Waals surface area contributed by atoms with Gasteiger partial charge in [-0.25, -0.2) is 0 Å². The lowest BCUT2D eigenvalue weighted by Crippen LogP contribution is -1.76. The maximum atomic E-state index is 10.7. The Bertz CT molecular complexity index is 101. The molecule has 0 aromatic rings. The van der Waals surface area contributed by atoms with Crippen molar-refractivity contribution in [1.29, 1.82) is 0 Å². The molecule has 0 unspecified atom stereocenters. The Morgan fingerprint density at radius 1 is 1.71 bits per heavy atom. The summed E-state index contributed by atoms with van der Waals surface area (Å²) in [6.45, 7) is 6.99. The first-order valence-corrected chi connectivity index (χ1v) is 5.00.